The van der Waals surface area contributed by atoms with Crippen LogP contribution in [-0.4, -0.2) is 19.3 Å². The Kier molecular flexibility index (Phi) is 4.21. The smallest absolute Gasteiger partial charge is 0.394 e. The molecular formula is C17H13F3O3S. The number of cyclic esters (lactones) is 1. The van der Waals surface area contributed by atoms with Crippen molar-refractivity contribution in [1.29, 1.82) is 0 Å². The van der Waals surface area contributed by atoms with Crippen molar-refractivity contribution in [2.24, 2.45) is 0 Å². The first-order valence-corrected chi connectivity index (χ1v) is 7.87. The maximum absolute atomic E-state index is 13.2. The predicted molar refractivity (Wildman–Crippen MR) is 83.1 cm³/mol. The van der Waals surface area contributed by atoms with Crippen LogP contribution >= 0.6 is 11.8 Å². The van der Waals surface area contributed by atoms with E-state index in [-0.39, 0.29) is 11.1 Å². The lowest BCUT2D eigenvalue weighted by Crippen LogP contribution is -2.37. The number of hydrogen-bond donors (Lipinski definition) is 0. The first-order valence-electron chi connectivity index (χ1n) is 7.06. The molecule has 0 aliphatic carbocycles. The molecule has 0 saturated carbocycles. The minimum Gasteiger partial charge on any atom is -0.497 e. The highest BCUT2D eigenvalue weighted by atomic mass is 32.2. The van der Waals surface area contributed by atoms with E-state index >= 15 is 0 Å². The number of esters is 1. The summed E-state index contributed by atoms with van der Waals surface area (Å²) in [7, 11) is 1.46. The number of rotatable bonds is 3. The Balaban J connectivity index is 2.09. The molecule has 1 aliphatic rings. The van der Waals surface area contributed by atoms with Gasteiger partial charge in [0, 0.05) is 10.5 Å². The summed E-state index contributed by atoms with van der Waals surface area (Å²) in [5.41, 5.74) is 0.530. The highest BCUT2D eigenvalue weighted by Gasteiger charge is 2.50. The molecule has 0 amide bonds. The van der Waals surface area contributed by atoms with Gasteiger partial charge < -0.3 is 9.47 Å². The van der Waals surface area contributed by atoms with Gasteiger partial charge in [0.05, 0.1) is 19.1 Å². The molecule has 0 fully saturated rings. The zero-order chi connectivity index (χ0) is 17.4. The van der Waals surface area contributed by atoms with Gasteiger partial charge >= 0.3 is 12.1 Å². The number of ether oxygens (including phenoxy) is 2. The van der Waals surface area contributed by atoms with Gasteiger partial charge in [-0.15, -0.1) is 0 Å². The minimum atomic E-state index is -4.50. The van der Waals surface area contributed by atoms with Gasteiger partial charge in [0.25, 0.3) is 0 Å². The van der Waals surface area contributed by atoms with Crippen LogP contribution in [0, 0.1) is 0 Å². The molecule has 0 aromatic heterocycles. The number of alkyl halides is 3. The lowest BCUT2D eigenvalue weighted by atomic mass is 10.0. The van der Waals surface area contributed by atoms with Crippen LogP contribution in [0.5, 0.6) is 5.75 Å². The number of benzene rings is 2. The van der Waals surface area contributed by atoms with Crippen LogP contribution in [0.2, 0.25) is 0 Å². The zero-order valence-corrected chi connectivity index (χ0v) is 13.4. The summed E-state index contributed by atoms with van der Waals surface area (Å²) in [4.78, 5) is 10.9. The van der Waals surface area contributed by atoms with Crippen molar-refractivity contribution in [1.82, 2.24) is 0 Å². The fourth-order valence-corrected chi connectivity index (χ4v) is 3.90. The van der Waals surface area contributed by atoms with Gasteiger partial charge in [-0.1, -0.05) is 36.0 Å². The average Bonchev–Trinajstić information content (AvgIpc) is 2.53. The van der Waals surface area contributed by atoms with Crippen LogP contribution in [0.3, 0.4) is 0 Å². The molecule has 0 saturated heterocycles. The molecule has 24 heavy (non-hydrogen) atoms. The van der Waals surface area contributed by atoms with Crippen molar-refractivity contribution in [3.05, 3.63) is 59.7 Å². The van der Waals surface area contributed by atoms with E-state index in [9.17, 15) is 18.0 Å². The lowest BCUT2D eigenvalue weighted by Gasteiger charge is -2.37. The van der Waals surface area contributed by atoms with Crippen molar-refractivity contribution in [2.75, 3.05) is 7.11 Å². The van der Waals surface area contributed by atoms with E-state index in [0.717, 1.165) is 11.8 Å². The molecule has 3 nitrogen and oxygen atoms in total. The zero-order valence-electron chi connectivity index (χ0n) is 12.6. The van der Waals surface area contributed by atoms with Gasteiger partial charge in [-0.3, -0.25) is 0 Å². The fourth-order valence-electron chi connectivity index (χ4n) is 2.53. The molecular weight excluding hydrogens is 341 g/mol. The number of carbonyl (C=O) groups excluding carboxylic acids is 1. The lowest BCUT2D eigenvalue weighted by molar-refractivity contribution is -0.161. The number of fused-ring (bicyclic) bond motifs is 1. The third-order valence-corrected chi connectivity index (χ3v) is 4.97. The molecule has 0 spiro atoms. The largest absolute Gasteiger partial charge is 0.497 e. The van der Waals surface area contributed by atoms with Crippen molar-refractivity contribution < 1.29 is 27.4 Å². The molecule has 0 N–H and O–H groups in total. The SMILES string of the molecule is COc1ccc(C2(CC(F)(F)F)OC(=O)c3ccccc3S2)cc1. The third kappa shape index (κ3) is 3.21. The predicted octanol–water partition coefficient (Wildman–Crippen LogP) is 4.76. The Bertz CT molecular complexity index is 758. The standard InChI is InChI=1S/C17H13F3O3S/c1-22-12-8-6-11(7-9-12)16(10-17(18,19)20)23-15(21)13-4-2-3-5-14(13)24-16/h2-9H,10H2,1H3. The van der Waals surface area contributed by atoms with Gasteiger partial charge in [-0.25, -0.2) is 4.79 Å². The average molecular weight is 354 g/mol. The summed E-state index contributed by atoms with van der Waals surface area (Å²) in [6, 6.07) is 12.5. The minimum absolute atomic E-state index is 0.258. The van der Waals surface area contributed by atoms with Crippen molar-refractivity contribution in [3.8, 4) is 5.75 Å². The molecule has 3 rings (SSSR count). The van der Waals surface area contributed by atoms with Gasteiger partial charge in [0.1, 0.15) is 5.75 Å². The Hall–Kier alpha value is -2.15. The summed E-state index contributed by atoms with van der Waals surface area (Å²) in [5.74, 6) is -0.252. The van der Waals surface area contributed by atoms with Crippen LogP contribution < -0.4 is 4.74 Å². The Morgan fingerprint density at radius 2 is 1.79 bits per heavy atom. The van der Waals surface area contributed by atoms with E-state index in [1.807, 2.05) is 0 Å². The van der Waals surface area contributed by atoms with Gasteiger partial charge in [0.2, 0.25) is 0 Å². The summed E-state index contributed by atoms with van der Waals surface area (Å²) in [5, 5.41) is 0. The monoisotopic (exact) mass is 354 g/mol. The van der Waals surface area contributed by atoms with Crippen LogP contribution in [0.15, 0.2) is 53.4 Å². The van der Waals surface area contributed by atoms with E-state index < -0.39 is 23.5 Å². The quantitative estimate of drug-likeness (QED) is 0.745. The fraction of sp³-hybridized carbons (Fsp3) is 0.235. The van der Waals surface area contributed by atoms with Crippen LogP contribution in [0.25, 0.3) is 0 Å². The number of hydrogen-bond acceptors (Lipinski definition) is 4. The second kappa shape index (κ2) is 6.05. The summed E-state index contributed by atoms with van der Waals surface area (Å²) in [6.45, 7) is 0. The maximum atomic E-state index is 13.2. The highest BCUT2D eigenvalue weighted by molar-refractivity contribution is 8.00. The molecule has 1 heterocycles. The van der Waals surface area contributed by atoms with E-state index in [4.69, 9.17) is 9.47 Å². The second-order valence-electron chi connectivity index (χ2n) is 5.26. The molecule has 0 radical (unpaired) electrons. The normalized spacial score (nSPS) is 20.2. The molecule has 126 valence electrons. The van der Waals surface area contributed by atoms with E-state index in [0.29, 0.717) is 10.6 Å². The molecule has 2 aromatic carbocycles. The summed E-state index contributed by atoms with van der Waals surface area (Å²) >= 11 is 0.898. The Morgan fingerprint density at radius 3 is 2.42 bits per heavy atom. The molecule has 1 aliphatic heterocycles. The van der Waals surface area contributed by atoms with Gasteiger partial charge in [-0.05, 0) is 24.3 Å². The Morgan fingerprint density at radius 1 is 1.12 bits per heavy atom. The molecule has 2 aromatic rings. The molecule has 7 heteroatoms. The molecule has 0 bridgehead atoms. The number of methoxy groups -OCH3 is 1. The number of carbonyl (C=O) groups is 1. The Labute approximate surface area is 140 Å². The number of thioether (sulfide) groups is 1. The summed E-state index contributed by atoms with van der Waals surface area (Å²) in [6.07, 6.45) is -5.78. The van der Waals surface area contributed by atoms with Crippen molar-refractivity contribution >= 4 is 17.7 Å². The molecule has 1 unspecified atom stereocenters. The first kappa shape index (κ1) is 16.7. The topological polar surface area (TPSA) is 35.5 Å². The highest BCUT2D eigenvalue weighted by Crippen LogP contribution is 2.53. The number of halogens is 3. The van der Waals surface area contributed by atoms with Gasteiger partial charge in [0.15, 0.2) is 4.93 Å². The van der Waals surface area contributed by atoms with E-state index in [1.54, 1.807) is 30.3 Å². The van der Waals surface area contributed by atoms with Crippen molar-refractivity contribution in [2.45, 2.75) is 22.4 Å². The van der Waals surface area contributed by atoms with Crippen LogP contribution in [-0.2, 0) is 9.67 Å². The maximum Gasteiger partial charge on any atom is 0.394 e. The summed E-state index contributed by atoms with van der Waals surface area (Å²) < 4.78 is 49.9. The van der Waals surface area contributed by atoms with Gasteiger partial charge in [-0.2, -0.15) is 13.2 Å². The second-order valence-corrected chi connectivity index (χ2v) is 6.56. The molecule has 1 atom stereocenters. The third-order valence-electron chi connectivity index (χ3n) is 3.60. The van der Waals surface area contributed by atoms with Crippen LogP contribution in [0.4, 0.5) is 13.2 Å². The first-order chi connectivity index (χ1) is 11.3. The van der Waals surface area contributed by atoms with Crippen LogP contribution in [0.1, 0.15) is 22.3 Å². The van der Waals surface area contributed by atoms with E-state index in [1.165, 1.54) is 25.3 Å². The van der Waals surface area contributed by atoms with Crippen molar-refractivity contribution in [3.63, 3.8) is 0 Å². The van der Waals surface area contributed by atoms with E-state index in [2.05, 4.69) is 0 Å².